The lowest BCUT2D eigenvalue weighted by Gasteiger charge is -2.20. The van der Waals surface area contributed by atoms with E-state index in [1.807, 2.05) is 13.8 Å². The van der Waals surface area contributed by atoms with E-state index in [0.717, 1.165) is 0 Å². The number of aliphatic hydroxyl groups is 2. The highest BCUT2D eigenvalue weighted by molar-refractivity contribution is 6.05. The molecule has 0 radical (unpaired) electrons. The first-order valence-corrected chi connectivity index (χ1v) is 14.8. The van der Waals surface area contributed by atoms with Crippen LogP contribution in [-0.4, -0.2) is 44.8 Å². The standard InChI is InChI=1S/C35H36F2N2O7/c1-20(2)39-29(16-15-27(40)17-28(41)18-30(42)43)31(22-7-11-25(36)12-8-22)32(23-9-13-26(37)14-10-23)33(39)34(44)38-19-21-3-5-24(6-4-21)35(45)46/h3-14,20,27-28,40-41H,15-19H2,1-2H3,(H,38,44)(H,42,43)(H,45,46)/p-2/t27-,28-/m1/s1. The van der Waals surface area contributed by atoms with Gasteiger partial charge < -0.3 is 39.9 Å². The maximum absolute atomic E-state index is 14.1. The number of aromatic carboxylic acids is 1. The third kappa shape index (κ3) is 8.23. The third-order valence-corrected chi connectivity index (χ3v) is 7.61. The summed E-state index contributed by atoms with van der Waals surface area (Å²) in [5.41, 5.74) is 3.54. The Morgan fingerprint density at radius 2 is 1.35 bits per heavy atom. The van der Waals surface area contributed by atoms with Gasteiger partial charge >= 0.3 is 0 Å². The second kappa shape index (κ2) is 14.9. The predicted octanol–water partition coefficient (Wildman–Crippen LogP) is 3.16. The molecule has 1 amide bonds. The summed E-state index contributed by atoms with van der Waals surface area (Å²) in [4.78, 5) is 36.1. The van der Waals surface area contributed by atoms with E-state index in [2.05, 4.69) is 5.32 Å². The van der Waals surface area contributed by atoms with E-state index in [4.69, 9.17) is 0 Å². The number of aliphatic carboxylic acids is 1. The van der Waals surface area contributed by atoms with Gasteiger partial charge in [0.05, 0.1) is 18.2 Å². The van der Waals surface area contributed by atoms with E-state index >= 15 is 0 Å². The first-order chi connectivity index (χ1) is 21.8. The molecular formula is C35H34F2N2O7-2. The number of nitrogens with one attached hydrogen (secondary N) is 1. The average Bonchev–Trinajstić information content (AvgIpc) is 3.34. The van der Waals surface area contributed by atoms with E-state index in [9.17, 15) is 43.6 Å². The summed E-state index contributed by atoms with van der Waals surface area (Å²) in [6, 6.07) is 16.8. The van der Waals surface area contributed by atoms with Crippen LogP contribution in [0.1, 0.15) is 71.3 Å². The zero-order valence-electron chi connectivity index (χ0n) is 25.3. The van der Waals surface area contributed by atoms with Crippen LogP contribution < -0.4 is 15.5 Å². The minimum atomic E-state index is -1.44. The number of carboxylic acid groups (broad SMARTS) is 2. The van der Waals surface area contributed by atoms with Crippen molar-refractivity contribution in [1.82, 2.24) is 9.88 Å². The monoisotopic (exact) mass is 632 g/mol. The summed E-state index contributed by atoms with van der Waals surface area (Å²) >= 11 is 0. The number of halogens is 2. The molecule has 242 valence electrons. The van der Waals surface area contributed by atoms with Gasteiger partial charge in [-0.2, -0.15) is 0 Å². The molecule has 0 bridgehead atoms. The largest absolute Gasteiger partial charge is 0.550 e. The molecular weight excluding hydrogens is 598 g/mol. The lowest BCUT2D eigenvalue weighted by molar-refractivity contribution is -0.307. The summed E-state index contributed by atoms with van der Waals surface area (Å²) in [7, 11) is 0. The molecule has 4 aromatic rings. The predicted molar refractivity (Wildman–Crippen MR) is 162 cm³/mol. The summed E-state index contributed by atoms with van der Waals surface area (Å²) in [6.45, 7) is 3.78. The molecule has 1 aromatic heterocycles. The average molecular weight is 633 g/mol. The van der Waals surface area contributed by atoms with Crippen molar-refractivity contribution in [2.24, 2.45) is 0 Å². The number of aliphatic hydroxyl groups excluding tert-OH is 2. The fourth-order valence-electron chi connectivity index (χ4n) is 5.54. The number of amides is 1. The number of rotatable bonds is 14. The summed E-state index contributed by atoms with van der Waals surface area (Å²) in [5.74, 6) is -4.22. The zero-order chi connectivity index (χ0) is 33.5. The molecule has 0 aliphatic carbocycles. The number of hydrogen-bond acceptors (Lipinski definition) is 7. The summed E-state index contributed by atoms with van der Waals surface area (Å²) < 4.78 is 29.9. The van der Waals surface area contributed by atoms with Crippen molar-refractivity contribution in [3.8, 4) is 22.3 Å². The number of carboxylic acids is 2. The van der Waals surface area contributed by atoms with Gasteiger partial charge in [0.25, 0.3) is 5.91 Å². The van der Waals surface area contributed by atoms with Crippen LogP contribution >= 0.6 is 0 Å². The van der Waals surface area contributed by atoms with Crippen LogP contribution in [0.25, 0.3) is 22.3 Å². The highest BCUT2D eigenvalue weighted by atomic mass is 19.1. The second-order valence-electron chi connectivity index (χ2n) is 11.3. The zero-order valence-corrected chi connectivity index (χ0v) is 25.3. The molecule has 0 saturated carbocycles. The maximum atomic E-state index is 14.1. The van der Waals surface area contributed by atoms with Crippen LogP contribution in [-0.2, 0) is 17.8 Å². The number of hydrogen-bond donors (Lipinski definition) is 3. The van der Waals surface area contributed by atoms with Gasteiger partial charge in [-0.05, 0) is 79.6 Å². The van der Waals surface area contributed by atoms with E-state index in [1.54, 1.807) is 28.8 Å². The lowest BCUT2D eigenvalue weighted by Crippen LogP contribution is -2.29. The van der Waals surface area contributed by atoms with Crippen LogP contribution in [0, 0.1) is 11.6 Å². The Morgan fingerprint density at radius 1 is 0.804 bits per heavy atom. The third-order valence-electron chi connectivity index (χ3n) is 7.61. The molecule has 0 fully saturated rings. The minimum Gasteiger partial charge on any atom is -0.550 e. The van der Waals surface area contributed by atoms with E-state index in [1.165, 1.54) is 48.5 Å². The summed E-state index contributed by atoms with van der Waals surface area (Å²) in [6.07, 6.45) is -2.99. The molecule has 0 aliphatic rings. The van der Waals surface area contributed by atoms with Crippen molar-refractivity contribution in [3.05, 3.63) is 107 Å². The van der Waals surface area contributed by atoms with Gasteiger partial charge in [-0.1, -0.05) is 48.5 Å². The highest BCUT2D eigenvalue weighted by Gasteiger charge is 2.30. The normalized spacial score (nSPS) is 12.6. The van der Waals surface area contributed by atoms with Crippen molar-refractivity contribution in [1.29, 1.82) is 0 Å². The first-order valence-electron chi connectivity index (χ1n) is 14.8. The molecule has 1 heterocycles. The SMILES string of the molecule is CC(C)n1c(CC[C@@H](O)C[C@@H](O)CC(=O)[O-])c(-c2ccc(F)cc2)c(-c2ccc(F)cc2)c1C(=O)NCc1ccc(C(=O)[O-])cc1. The Morgan fingerprint density at radius 3 is 1.85 bits per heavy atom. The van der Waals surface area contributed by atoms with E-state index < -0.39 is 48.1 Å². The lowest BCUT2D eigenvalue weighted by atomic mass is 9.92. The van der Waals surface area contributed by atoms with Crippen molar-refractivity contribution in [3.63, 3.8) is 0 Å². The Labute approximate surface area is 264 Å². The first kappa shape index (κ1) is 34.0. The van der Waals surface area contributed by atoms with Crippen LogP contribution in [0.2, 0.25) is 0 Å². The number of carbonyl (C=O) groups is 3. The molecule has 4 rings (SSSR count). The molecule has 3 N–H and O–H groups in total. The maximum Gasteiger partial charge on any atom is 0.268 e. The molecule has 11 heteroatoms. The molecule has 9 nitrogen and oxygen atoms in total. The fourth-order valence-corrected chi connectivity index (χ4v) is 5.54. The van der Waals surface area contributed by atoms with Crippen molar-refractivity contribution in [2.45, 2.75) is 64.3 Å². The smallest absolute Gasteiger partial charge is 0.268 e. The van der Waals surface area contributed by atoms with Crippen molar-refractivity contribution in [2.75, 3.05) is 0 Å². The second-order valence-corrected chi connectivity index (χ2v) is 11.3. The van der Waals surface area contributed by atoms with Gasteiger partial charge in [0.15, 0.2) is 0 Å². The van der Waals surface area contributed by atoms with Crippen LogP contribution in [0.4, 0.5) is 8.78 Å². The Bertz CT molecular complexity index is 1680. The minimum absolute atomic E-state index is 0.00901. The van der Waals surface area contributed by atoms with Gasteiger partial charge in [0.1, 0.15) is 17.3 Å². The molecule has 46 heavy (non-hydrogen) atoms. The van der Waals surface area contributed by atoms with Gasteiger partial charge in [0.2, 0.25) is 0 Å². The molecule has 0 aliphatic heterocycles. The van der Waals surface area contributed by atoms with E-state index in [0.29, 0.717) is 33.5 Å². The van der Waals surface area contributed by atoms with Gasteiger partial charge in [-0.3, -0.25) is 4.79 Å². The number of aromatic nitrogens is 1. The molecule has 3 aromatic carbocycles. The number of benzene rings is 3. The quantitative estimate of drug-likeness (QED) is 0.193. The van der Waals surface area contributed by atoms with Crippen LogP contribution in [0.3, 0.4) is 0 Å². The topological polar surface area (TPSA) is 155 Å². The number of carbonyl (C=O) groups excluding carboxylic acids is 3. The van der Waals surface area contributed by atoms with Gasteiger partial charge in [-0.25, -0.2) is 8.78 Å². The molecule has 0 unspecified atom stereocenters. The Balaban J connectivity index is 1.84. The molecule has 2 atom stereocenters. The molecule has 0 saturated heterocycles. The number of nitrogens with zero attached hydrogens (tertiary/aromatic N) is 1. The van der Waals surface area contributed by atoms with Crippen LogP contribution in [0.5, 0.6) is 0 Å². The fraction of sp³-hybridized carbons (Fsp3) is 0.286. The van der Waals surface area contributed by atoms with E-state index in [-0.39, 0.29) is 43.1 Å². The van der Waals surface area contributed by atoms with Crippen molar-refractivity contribution < 1.29 is 43.6 Å². The molecule has 0 spiro atoms. The highest BCUT2D eigenvalue weighted by Crippen LogP contribution is 2.42. The van der Waals surface area contributed by atoms with Gasteiger partial charge in [-0.15, -0.1) is 0 Å². The van der Waals surface area contributed by atoms with Crippen LogP contribution in [0.15, 0.2) is 72.8 Å². The van der Waals surface area contributed by atoms with Crippen molar-refractivity contribution >= 4 is 17.8 Å². The van der Waals surface area contributed by atoms with Gasteiger partial charge in [0, 0.05) is 41.8 Å². The Hall–Kier alpha value is -4.87. The summed E-state index contributed by atoms with van der Waals surface area (Å²) in [5, 5.41) is 45.7. The Kier molecular flexibility index (Phi) is 11.0.